The van der Waals surface area contributed by atoms with E-state index in [1.165, 1.54) is 0 Å². The quantitative estimate of drug-likeness (QED) is 0.598. The van der Waals surface area contributed by atoms with Crippen molar-refractivity contribution in [2.75, 3.05) is 6.54 Å². The molecule has 0 aliphatic rings. The molecule has 0 saturated carbocycles. The molecule has 0 spiro atoms. The van der Waals surface area contributed by atoms with Gasteiger partial charge in [-0.25, -0.2) is 13.6 Å². The largest absolute Gasteiger partial charge is 0.385 e. The van der Waals surface area contributed by atoms with Crippen molar-refractivity contribution in [2.24, 2.45) is 5.73 Å². The summed E-state index contributed by atoms with van der Waals surface area (Å²) in [5.74, 6) is -0.741. The lowest BCUT2D eigenvalue weighted by molar-refractivity contribution is -0.124. The number of aliphatic hydroxyl groups excluding tert-OH is 1. The van der Waals surface area contributed by atoms with Crippen molar-refractivity contribution >= 4 is 11.9 Å². The summed E-state index contributed by atoms with van der Waals surface area (Å²) >= 11 is 0. The first-order valence-corrected chi connectivity index (χ1v) is 5.76. The zero-order valence-electron chi connectivity index (χ0n) is 10.4. The fourth-order valence-electron chi connectivity index (χ4n) is 1.48. The van der Waals surface area contributed by atoms with E-state index in [9.17, 15) is 18.4 Å². The number of benzene rings is 1. The molecular formula is C12H15F2N3O3. The number of carbonyl (C=O) groups excluding carboxylic acids is 2. The molecule has 2 atom stereocenters. The molecule has 3 amide bonds. The minimum atomic E-state index is -2.96. The third-order valence-electron chi connectivity index (χ3n) is 2.46. The number of aliphatic hydroxyl groups is 1. The topological polar surface area (TPSA) is 104 Å². The van der Waals surface area contributed by atoms with Crippen molar-refractivity contribution in [2.45, 2.75) is 18.6 Å². The molecule has 0 bridgehead atoms. The number of urea groups is 1. The minimum absolute atomic E-state index is 0.440. The number of rotatable bonds is 6. The highest BCUT2D eigenvalue weighted by Crippen LogP contribution is 2.12. The van der Waals surface area contributed by atoms with E-state index in [1.807, 2.05) is 0 Å². The van der Waals surface area contributed by atoms with E-state index in [2.05, 4.69) is 10.6 Å². The summed E-state index contributed by atoms with van der Waals surface area (Å²) in [5.41, 5.74) is 5.41. The van der Waals surface area contributed by atoms with Crippen LogP contribution in [0, 0.1) is 0 Å². The predicted octanol–water partition coefficient (Wildman–Crippen LogP) is 0.138. The molecule has 110 valence electrons. The van der Waals surface area contributed by atoms with Crippen LogP contribution in [0.2, 0.25) is 0 Å². The maximum Gasteiger partial charge on any atom is 0.313 e. The molecule has 5 N–H and O–H groups in total. The average Bonchev–Trinajstić information content (AvgIpc) is 2.42. The molecule has 20 heavy (non-hydrogen) atoms. The van der Waals surface area contributed by atoms with Gasteiger partial charge in [-0.3, -0.25) is 4.79 Å². The Morgan fingerprint density at radius 1 is 1.25 bits per heavy atom. The number of primary amides is 1. The number of hydrogen-bond donors (Lipinski definition) is 4. The molecule has 0 saturated heterocycles. The Morgan fingerprint density at radius 3 is 2.35 bits per heavy atom. The fourth-order valence-corrected chi connectivity index (χ4v) is 1.48. The van der Waals surface area contributed by atoms with Crippen LogP contribution in [-0.4, -0.2) is 36.1 Å². The number of halogens is 2. The third kappa shape index (κ3) is 4.81. The van der Waals surface area contributed by atoms with Crippen molar-refractivity contribution in [1.82, 2.24) is 10.6 Å². The Labute approximate surface area is 114 Å². The van der Waals surface area contributed by atoms with Gasteiger partial charge in [0.2, 0.25) is 5.91 Å². The first kappa shape index (κ1) is 15.8. The average molecular weight is 287 g/mol. The van der Waals surface area contributed by atoms with Gasteiger partial charge in [-0.2, -0.15) is 0 Å². The first-order valence-electron chi connectivity index (χ1n) is 5.76. The van der Waals surface area contributed by atoms with E-state index < -0.39 is 37.1 Å². The van der Waals surface area contributed by atoms with Crippen LogP contribution in [0.4, 0.5) is 13.6 Å². The highest BCUT2D eigenvalue weighted by molar-refractivity contribution is 5.87. The molecule has 1 aromatic rings. The Kier molecular flexibility index (Phi) is 5.85. The molecule has 0 heterocycles. The molecule has 0 fully saturated rings. The number of hydrogen-bond acceptors (Lipinski definition) is 3. The second-order valence-corrected chi connectivity index (χ2v) is 4.00. The molecule has 0 aromatic heterocycles. The standard InChI is InChI=1S/C12H15F2N3O3/c13-10(14)8(18)6-16-11(19)9(17-12(15)20)7-4-2-1-3-5-7/h1-5,8-10,18H,6H2,(H,16,19)(H3,15,17,20). The molecule has 0 radical (unpaired) electrons. The highest BCUT2D eigenvalue weighted by Gasteiger charge is 2.24. The summed E-state index contributed by atoms with van der Waals surface area (Å²) in [6, 6.07) is 6.11. The molecule has 1 rings (SSSR count). The molecule has 0 aliphatic heterocycles. The van der Waals surface area contributed by atoms with Gasteiger partial charge in [0.15, 0.2) is 0 Å². The van der Waals surface area contributed by atoms with Crippen LogP contribution in [0.1, 0.15) is 11.6 Å². The second-order valence-electron chi connectivity index (χ2n) is 4.00. The molecule has 1 aromatic carbocycles. The third-order valence-corrected chi connectivity index (χ3v) is 2.46. The minimum Gasteiger partial charge on any atom is -0.385 e. The summed E-state index contributed by atoms with van der Waals surface area (Å²) in [5, 5.41) is 13.3. The van der Waals surface area contributed by atoms with Crippen LogP contribution in [0.3, 0.4) is 0 Å². The lowest BCUT2D eigenvalue weighted by atomic mass is 10.1. The molecular weight excluding hydrogens is 272 g/mol. The molecule has 0 aliphatic carbocycles. The number of nitrogens with two attached hydrogens (primary N) is 1. The van der Waals surface area contributed by atoms with Gasteiger partial charge in [-0.05, 0) is 5.56 Å². The van der Waals surface area contributed by atoms with E-state index in [1.54, 1.807) is 30.3 Å². The summed E-state index contributed by atoms with van der Waals surface area (Å²) < 4.78 is 24.2. The number of amides is 3. The van der Waals surface area contributed by atoms with Crippen LogP contribution >= 0.6 is 0 Å². The van der Waals surface area contributed by atoms with Gasteiger partial charge in [0, 0.05) is 6.54 Å². The normalized spacial score (nSPS) is 13.6. The number of carbonyl (C=O) groups is 2. The van der Waals surface area contributed by atoms with Gasteiger partial charge in [0.25, 0.3) is 6.43 Å². The summed E-state index contributed by atoms with van der Waals surface area (Å²) in [6.45, 7) is -0.625. The molecule has 2 unspecified atom stereocenters. The summed E-state index contributed by atoms with van der Waals surface area (Å²) in [6.07, 6.45) is -4.93. The van der Waals surface area contributed by atoms with Gasteiger partial charge in [0.1, 0.15) is 12.1 Å². The Balaban J connectivity index is 2.73. The zero-order valence-corrected chi connectivity index (χ0v) is 10.4. The number of nitrogens with one attached hydrogen (secondary N) is 2. The second kappa shape index (κ2) is 7.39. The summed E-state index contributed by atoms with van der Waals surface area (Å²) in [7, 11) is 0. The van der Waals surface area contributed by atoms with E-state index in [-0.39, 0.29) is 0 Å². The fraction of sp³-hybridized carbons (Fsp3) is 0.333. The van der Waals surface area contributed by atoms with E-state index in [4.69, 9.17) is 10.8 Å². The van der Waals surface area contributed by atoms with Crippen molar-refractivity contribution in [3.8, 4) is 0 Å². The van der Waals surface area contributed by atoms with Crippen LogP contribution in [0.15, 0.2) is 30.3 Å². The summed E-state index contributed by atoms with van der Waals surface area (Å²) in [4.78, 5) is 22.8. The lowest BCUT2D eigenvalue weighted by Crippen LogP contribution is -2.45. The van der Waals surface area contributed by atoms with Crippen molar-refractivity contribution in [3.63, 3.8) is 0 Å². The van der Waals surface area contributed by atoms with E-state index in [0.717, 1.165) is 0 Å². The van der Waals surface area contributed by atoms with E-state index in [0.29, 0.717) is 5.56 Å². The maximum atomic E-state index is 12.1. The first-order chi connectivity index (χ1) is 9.41. The molecule has 8 heteroatoms. The van der Waals surface area contributed by atoms with Crippen LogP contribution in [-0.2, 0) is 4.79 Å². The smallest absolute Gasteiger partial charge is 0.313 e. The van der Waals surface area contributed by atoms with Crippen molar-refractivity contribution in [1.29, 1.82) is 0 Å². The van der Waals surface area contributed by atoms with Gasteiger partial charge in [-0.1, -0.05) is 30.3 Å². The van der Waals surface area contributed by atoms with Crippen LogP contribution < -0.4 is 16.4 Å². The number of alkyl halides is 2. The van der Waals surface area contributed by atoms with Crippen molar-refractivity contribution < 1.29 is 23.5 Å². The predicted molar refractivity (Wildman–Crippen MR) is 66.9 cm³/mol. The molecule has 6 nitrogen and oxygen atoms in total. The Morgan fingerprint density at radius 2 is 1.85 bits per heavy atom. The Hall–Kier alpha value is -2.22. The van der Waals surface area contributed by atoms with Crippen LogP contribution in [0.25, 0.3) is 0 Å². The van der Waals surface area contributed by atoms with Crippen LogP contribution in [0.5, 0.6) is 0 Å². The monoisotopic (exact) mass is 287 g/mol. The van der Waals surface area contributed by atoms with Gasteiger partial charge >= 0.3 is 6.03 Å². The Bertz CT molecular complexity index is 457. The SMILES string of the molecule is NC(=O)NC(C(=O)NCC(O)C(F)F)c1ccccc1. The van der Waals surface area contributed by atoms with E-state index >= 15 is 0 Å². The maximum absolute atomic E-state index is 12.1. The highest BCUT2D eigenvalue weighted by atomic mass is 19.3. The van der Waals surface area contributed by atoms with Gasteiger partial charge in [-0.15, -0.1) is 0 Å². The van der Waals surface area contributed by atoms with Gasteiger partial charge < -0.3 is 21.5 Å². The zero-order chi connectivity index (χ0) is 15.1. The van der Waals surface area contributed by atoms with Crippen molar-refractivity contribution in [3.05, 3.63) is 35.9 Å². The van der Waals surface area contributed by atoms with Gasteiger partial charge in [0.05, 0.1) is 0 Å². The lowest BCUT2D eigenvalue weighted by Gasteiger charge is -2.19.